The summed E-state index contributed by atoms with van der Waals surface area (Å²) in [5, 5.41) is 5.76. The number of amides is 2. The molecule has 1 aromatic carbocycles. The molecule has 0 aliphatic carbocycles. The lowest BCUT2D eigenvalue weighted by Crippen LogP contribution is -2.37. The molecule has 0 saturated heterocycles. The maximum Gasteiger partial charge on any atom is 0.319 e. The molecule has 0 fully saturated rings. The van der Waals surface area contributed by atoms with E-state index in [0.29, 0.717) is 12.3 Å². The maximum absolute atomic E-state index is 12.2. The molecule has 1 unspecified atom stereocenters. The van der Waals surface area contributed by atoms with Crippen molar-refractivity contribution in [3.8, 4) is 0 Å². The van der Waals surface area contributed by atoms with Gasteiger partial charge in [0.15, 0.2) is 0 Å². The van der Waals surface area contributed by atoms with Gasteiger partial charge in [0, 0.05) is 42.7 Å². The SMILES string of the molecule is CC(Cc1cnccn1)NC(=O)Nc1ccc2nc(C(C)C)[nH]c2c1. The van der Waals surface area contributed by atoms with Gasteiger partial charge >= 0.3 is 6.03 Å². The van der Waals surface area contributed by atoms with Crippen LogP contribution in [-0.2, 0) is 6.42 Å². The molecule has 3 rings (SSSR count). The van der Waals surface area contributed by atoms with Gasteiger partial charge in [0.25, 0.3) is 0 Å². The minimum absolute atomic E-state index is 0.0554. The average Bonchev–Trinajstić information content (AvgIpc) is 2.99. The number of nitrogens with one attached hydrogen (secondary N) is 3. The van der Waals surface area contributed by atoms with E-state index in [0.717, 1.165) is 28.2 Å². The topological polar surface area (TPSA) is 95.6 Å². The second-order valence-electron chi connectivity index (χ2n) is 6.41. The first kappa shape index (κ1) is 16.9. The van der Waals surface area contributed by atoms with Gasteiger partial charge in [-0.2, -0.15) is 0 Å². The van der Waals surface area contributed by atoms with Crippen LogP contribution < -0.4 is 10.6 Å². The largest absolute Gasteiger partial charge is 0.342 e. The van der Waals surface area contributed by atoms with Crippen molar-refractivity contribution < 1.29 is 4.79 Å². The second-order valence-corrected chi connectivity index (χ2v) is 6.41. The Hall–Kier alpha value is -2.96. The molecule has 0 bridgehead atoms. The standard InChI is InChI=1S/C18H22N6O/c1-11(2)17-23-15-5-4-13(9-16(15)24-17)22-18(25)21-12(3)8-14-10-19-6-7-20-14/h4-7,9-12H,8H2,1-3H3,(H,23,24)(H2,21,22,25). The Morgan fingerprint density at radius 1 is 1.24 bits per heavy atom. The Bertz CT molecular complexity index is 858. The van der Waals surface area contributed by atoms with Crippen molar-refractivity contribution in [2.24, 2.45) is 0 Å². The fourth-order valence-electron chi connectivity index (χ4n) is 2.57. The van der Waals surface area contributed by atoms with E-state index in [1.807, 2.05) is 25.1 Å². The van der Waals surface area contributed by atoms with Gasteiger partial charge in [-0.1, -0.05) is 13.8 Å². The first-order valence-corrected chi connectivity index (χ1v) is 8.33. The molecular weight excluding hydrogens is 316 g/mol. The molecule has 0 aliphatic rings. The van der Waals surface area contributed by atoms with Crippen molar-refractivity contribution in [1.29, 1.82) is 0 Å². The lowest BCUT2D eigenvalue weighted by atomic mass is 10.2. The molecule has 130 valence electrons. The number of H-pyrrole nitrogens is 1. The first-order valence-electron chi connectivity index (χ1n) is 8.33. The van der Waals surface area contributed by atoms with Crippen LogP contribution in [0.25, 0.3) is 11.0 Å². The fraction of sp³-hybridized carbons (Fsp3) is 0.333. The fourth-order valence-corrected chi connectivity index (χ4v) is 2.57. The zero-order valence-electron chi connectivity index (χ0n) is 14.6. The lowest BCUT2D eigenvalue weighted by molar-refractivity contribution is 0.249. The average molecular weight is 338 g/mol. The van der Waals surface area contributed by atoms with Crippen molar-refractivity contribution in [1.82, 2.24) is 25.3 Å². The van der Waals surface area contributed by atoms with E-state index in [9.17, 15) is 4.79 Å². The van der Waals surface area contributed by atoms with Gasteiger partial charge in [-0.15, -0.1) is 0 Å². The third-order valence-electron chi connectivity index (χ3n) is 3.81. The second kappa shape index (κ2) is 7.29. The van der Waals surface area contributed by atoms with E-state index in [4.69, 9.17) is 0 Å². The molecule has 0 aliphatic heterocycles. The van der Waals surface area contributed by atoms with Gasteiger partial charge in [0.1, 0.15) is 5.82 Å². The number of rotatable bonds is 5. The van der Waals surface area contributed by atoms with Gasteiger partial charge in [0.2, 0.25) is 0 Å². The molecule has 2 heterocycles. The van der Waals surface area contributed by atoms with E-state index >= 15 is 0 Å². The number of urea groups is 1. The summed E-state index contributed by atoms with van der Waals surface area (Å²) >= 11 is 0. The van der Waals surface area contributed by atoms with Crippen molar-refractivity contribution in [2.75, 3.05) is 5.32 Å². The number of aromatic amines is 1. The van der Waals surface area contributed by atoms with Gasteiger partial charge in [0.05, 0.1) is 16.7 Å². The van der Waals surface area contributed by atoms with Crippen LogP contribution in [0.15, 0.2) is 36.8 Å². The minimum atomic E-state index is -0.251. The monoisotopic (exact) mass is 338 g/mol. The van der Waals surface area contributed by atoms with Crippen molar-refractivity contribution in [3.05, 3.63) is 48.3 Å². The number of hydrogen-bond acceptors (Lipinski definition) is 4. The Morgan fingerprint density at radius 3 is 2.80 bits per heavy atom. The van der Waals surface area contributed by atoms with Gasteiger partial charge in [-0.3, -0.25) is 9.97 Å². The van der Waals surface area contributed by atoms with Crippen LogP contribution in [0, 0.1) is 0 Å². The van der Waals surface area contributed by atoms with Crippen molar-refractivity contribution in [3.63, 3.8) is 0 Å². The van der Waals surface area contributed by atoms with Crippen LogP contribution in [0.4, 0.5) is 10.5 Å². The number of nitrogens with zero attached hydrogens (tertiary/aromatic N) is 3. The van der Waals surface area contributed by atoms with Crippen LogP contribution in [0.5, 0.6) is 0 Å². The summed E-state index contributed by atoms with van der Waals surface area (Å²) in [5.41, 5.74) is 3.37. The number of fused-ring (bicyclic) bond motifs is 1. The maximum atomic E-state index is 12.2. The highest BCUT2D eigenvalue weighted by atomic mass is 16.2. The minimum Gasteiger partial charge on any atom is -0.342 e. The molecule has 0 radical (unpaired) electrons. The molecule has 25 heavy (non-hydrogen) atoms. The first-order chi connectivity index (χ1) is 12.0. The Kier molecular flexibility index (Phi) is 4.92. The summed E-state index contributed by atoms with van der Waals surface area (Å²) in [7, 11) is 0. The van der Waals surface area contributed by atoms with Crippen LogP contribution >= 0.6 is 0 Å². The summed E-state index contributed by atoms with van der Waals surface area (Å²) in [4.78, 5) is 28.2. The Labute approximate surface area is 146 Å². The number of carbonyl (C=O) groups excluding carboxylic acids is 1. The normalized spacial score (nSPS) is 12.3. The predicted octanol–water partition coefficient (Wildman–Crippen LogP) is 3.23. The molecular formula is C18H22N6O. The molecule has 0 spiro atoms. The van der Waals surface area contributed by atoms with Gasteiger partial charge in [-0.05, 0) is 25.1 Å². The third-order valence-corrected chi connectivity index (χ3v) is 3.81. The van der Waals surface area contributed by atoms with E-state index in [1.54, 1.807) is 18.6 Å². The van der Waals surface area contributed by atoms with Crippen LogP contribution in [0.3, 0.4) is 0 Å². The number of imidazole rings is 1. The van der Waals surface area contributed by atoms with E-state index in [-0.39, 0.29) is 12.1 Å². The highest BCUT2D eigenvalue weighted by molar-refractivity contribution is 5.92. The Balaban J connectivity index is 1.61. The molecule has 1 atom stereocenters. The van der Waals surface area contributed by atoms with Gasteiger partial charge < -0.3 is 15.6 Å². The lowest BCUT2D eigenvalue weighted by Gasteiger charge is -2.14. The van der Waals surface area contributed by atoms with E-state index in [2.05, 4.69) is 44.4 Å². The van der Waals surface area contributed by atoms with Crippen molar-refractivity contribution >= 4 is 22.8 Å². The van der Waals surface area contributed by atoms with Crippen LogP contribution in [0.2, 0.25) is 0 Å². The molecule has 2 amide bonds. The summed E-state index contributed by atoms with van der Waals surface area (Å²) in [6.45, 7) is 6.10. The van der Waals surface area contributed by atoms with E-state index < -0.39 is 0 Å². The molecule has 7 heteroatoms. The number of hydrogen-bond donors (Lipinski definition) is 3. The molecule has 3 N–H and O–H groups in total. The smallest absolute Gasteiger partial charge is 0.319 e. The summed E-state index contributed by atoms with van der Waals surface area (Å²) in [5.74, 6) is 1.27. The molecule has 7 nitrogen and oxygen atoms in total. The predicted molar refractivity (Wildman–Crippen MR) is 97.5 cm³/mol. The van der Waals surface area contributed by atoms with Gasteiger partial charge in [-0.25, -0.2) is 9.78 Å². The quantitative estimate of drug-likeness (QED) is 0.665. The number of carbonyl (C=O) groups is 1. The van der Waals surface area contributed by atoms with Crippen molar-refractivity contribution in [2.45, 2.75) is 39.2 Å². The highest BCUT2D eigenvalue weighted by Crippen LogP contribution is 2.20. The zero-order valence-corrected chi connectivity index (χ0v) is 14.6. The summed E-state index contributed by atoms with van der Waals surface area (Å²) < 4.78 is 0. The molecule has 3 aromatic rings. The number of anilines is 1. The number of aromatic nitrogens is 4. The zero-order chi connectivity index (χ0) is 17.8. The summed E-state index contributed by atoms with van der Waals surface area (Å²) in [6, 6.07) is 5.33. The van der Waals surface area contributed by atoms with Crippen LogP contribution in [0.1, 0.15) is 38.2 Å². The van der Waals surface area contributed by atoms with Crippen LogP contribution in [-0.4, -0.2) is 32.0 Å². The third kappa shape index (κ3) is 4.32. The Morgan fingerprint density at radius 2 is 2.08 bits per heavy atom. The highest BCUT2D eigenvalue weighted by Gasteiger charge is 2.11. The number of benzene rings is 1. The summed E-state index contributed by atoms with van der Waals surface area (Å²) in [6.07, 6.45) is 5.60. The molecule has 0 saturated carbocycles. The van der Waals surface area contributed by atoms with E-state index in [1.165, 1.54) is 0 Å². The molecule has 2 aromatic heterocycles.